The predicted molar refractivity (Wildman–Crippen MR) is 60.5 cm³/mol. The molecule has 1 aliphatic carbocycles. The number of methoxy groups -OCH3 is 1. The van der Waals surface area contributed by atoms with Crippen LogP contribution in [0.4, 0.5) is 4.39 Å². The third-order valence-corrected chi connectivity index (χ3v) is 3.03. The van der Waals surface area contributed by atoms with Gasteiger partial charge in [0.1, 0.15) is 11.4 Å². The molecule has 2 rings (SSSR count). The average molecular weight is 238 g/mol. The molecule has 2 atom stereocenters. The van der Waals surface area contributed by atoms with Crippen molar-refractivity contribution in [3.63, 3.8) is 0 Å². The molecule has 1 aromatic carbocycles. The fourth-order valence-corrected chi connectivity index (χ4v) is 1.94. The van der Waals surface area contributed by atoms with Crippen LogP contribution in [0.2, 0.25) is 0 Å². The highest BCUT2D eigenvalue weighted by Gasteiger charge is 2.61. The van der Waals surface area contributed by atoms with Gasteiger partial charge in [0.25, 0.3) is 0 Å². The number of esters is 1. The molecular weight excluding hydrogens is 223 g/mol. The fourth-order valence-electron chi connectivity index (χ4n) is 1.94. The van der Waals surface area contributed by atoms with Crippen LogP contribution in [0.15, 0.2) is 24.3 Å². The minimum absolute atomic E-state index is 0.207. The van der Waals surface area contributed by atoms with Gasteiger partial charge in [-0.25, -0.2) is 4.39 Å². The van der Waals surface area contributed by atoms with Crippen molar-refractivity contribution in [1.29, 1.82) is 0 Å². The summed E-state index contributed by atoms with van der Waals surface area (Å²) in [6, 6.07) is 6.69. The molecule has 2 unspecified atom stereocenters. The molecule has 1 saturated carbocycles. The Labute approximate surface area is 99.5 Å². The molecule has 1 aromatic rings. The van der Waals surface area contributed by atoms with E-state index < -0.39 is 17.6 Å². The van der Waals surface area contributed by atoms with Crippen LogP contribution in [0.25, 0.3) is 0 Å². The lowest BCUT2D eigenvalue weighted by Gasteiger charge is -2.08. The minimum atomic E-state index is -1.56. The van der Waals surface area contributed by atoms with Gasteiger partial charge in [-0.05, 0) is 24.6 Å². The first-order valence-electron chi connectivity index (χ1n) is 5.62. The van der Waals surface area contributed by atoms with Crippen LogP contribution in [-0.4, -0.2) is 19.7 Å². The molecule has 17 heavy (non-hydrogen) atoms. The molecule has 0 bridgehead atoms. The van der Waals surface area contributed by atoms with Gasteiger partial charge in [0, 0.05) is 6.42 Å². The van der Waals surface area contributed by atoms with Crippen LogP contribution in [0.1, 0.15) is 18.9 Å². The number of carbonyl (C=O) groups excluding carboxylic acids is 1. The summed E-state index contributed by atoms with van der Waals surface area (Å²) in [5.74, 6) is -0.438. The largest absolute Gasteiger partial charge is 0.497 e. The smallest absolute Gasteiger partial charge is 0.312 e. The Balaban J connectivity index is 2.10. The molecule has 0 N–H and O–H groups in total. The molecule has 1 fully saturated rings. The molecule has 0 radical (unpaired) electrons. The van der Waals surface area contributed by atoms with E-state index in [0.717, 1.165) is 0 Å². The van der Waals surface area contributed by atoms with E-state index in [-0.39, 0.29) is 13.0 Å². The van der Waals surface area contributed by atoms with Crippen molar-refractivity contribution in [2.75, 3.05) is 13.7 Å². The number of hydrogen-bond donors (Lipinski definition) is 0. The van der Waals surface area contributed by atoms with Gasteiger partial charge < -0.3 is 9.47 Å². The second-order valence-electron chi connectivity index (χ2n) is 4.10. The average Bonchev–Trinajstić information content (AvgIpc) is 3.04. The number of carbonyl (C=O) groups is 1. The SMILES string of the molecule is CCOC(=O)C1CC1(F)c1ccc(OC)cc1. The Morgan fingerprint density at radius 2 is 2.12 bits per heavy atom. The first-order chi connectivity index (χ1) is 8.11. The quantitative estimate of drug-likeness (QED) is 0.756. The van der Waals surface area contributed by atoms with Crippen molar-refractivity contribution in [3.05, 3.63) is 29.8 Å². The van der Waals surface area contributed by atoms with Crippen LogP contribution in [0.3, 0.4) is 0 Å². The molecule has 0 aromatic heterocycles. The van der Waals surface area contributed by atoms with Crippen LogP contribution in [0, 0.1) is 5.92 Å². The predicted octanol–water partition coefficient (Wildman–Crippen LogP) is 2.44. The van der Waals surface area contributed by atoms with Crippen molar-refractivity contribution >= 4 is 5.97 Å². The van der Waals surface area contributed by atoms with Crippen molar-refractivity contribution in [2.24, 2.45) is 5.92 Å². The lowest BCUT2D eigenvalue weighted by Crippen LogP contribution is -2.13. The highest BCUT2D eigenvalue weighted by molar-refractivity contribution is 5.78. The lowest BCUT2D eigenvalue weighted by molar-refractivity contribution is -0.145. The molecule has 0 heterocycles. The summed E-state index contributed by atoms with van der Waals surface area (Å²) in [5, 5.41) is 0. The van der Waals surface area contributed by atoms with Crippen LogP contribution < -0.4 is 4.74 Å². The fraction of sp³-hybridized carbons (Fsp3) is 0.462. The van der Waals surface area contributed by atoms with Crippen molar-refractivity contribution in [2.45, 2.75) is 19.0 Å². The summed E-state index contributed by atoms with van der Waals surface area (Å²) in [4.78, 5) is 11.4. The zero-order valence-corrected chi connectivity index (χ0v) is 9.90. The maximum atomic E-state index is 14.4. The van der Waals surface area contributed by atoms with Crippen LogP contribution in [0.5, 0.6) is 5.75 Å². The van der Waals surface area contributed by atoms with Gasteiger partial charge in [-0.15, -0.1) is 0 Å². The summed E-state index contributed by atoms with van der Waals surface area (Å²) < 4.78 is 24.2. The molecule has 1 aliphatic rings. The van der Waals surface area contributed by atoms with Crippen molar-refractivity contribution < 1.29 is 18.7 Å². The Hall–Kier alpha value is -1.58. The molecule has 0 aliphatic heterocycles. The summed E-state index contributed by atoms with van der Waals surface area (Å²) in [7, 11) is 1.55. The minimum Gasteiger partial charge on any atom is -0.497 e. The Bertz CT molecular complexity index is 415. The van der Waals surface area contributed by atoms with E-state index in [0.29, 0.717) is 11.3 Å². The third-order valence-electron chi connectivity index (χ3n) is 3.03. The van der Waals surface area contributed by atoms with E-state index in [1.165, 1.54) is 0 Å². The molecule has 4 heteroatoms. The zero-order chi connectivity index (χ0) is 12.5. The standard InChI is InChI=1S/C13H15FO3/c1-3-17-12(15)11-8-13(11,14)9-4-6-10(16-2)7-5-9/h4-7,11H,3,8H2,1-2H3. The highest BCUT2D eigenvalue weighted by Crippen LogP contribution is 2.56. The number of hydrogen-bond acceptors (Lipinski definition) is 3. The molecule has 92 valence electrons. The number of halogens is 1. The third kappa shape index (κ3) is 2.12. The summed E-state index contributed by atoms with van der Waals surface area (Å²) in [6.45, 7) is 2.00. The second kappa shape index (κ2) is 4.35. The topological polar surface area (TPSA) is 35.5 Å². The maximum absolute atomic E-state index is 14.4. The van der Waals surface area contributed by atoms with Crippen molar-refractivity contribution in [3.8, 4) is 5.75 Å². The molecule has 3 nitrogen and oxygen atoms in total. The first kappa shape index (κ1) is 11.9. The Morgan fingerprint density at radius 3 is 2.65 bits per heavy atom. The molecule has 0 amide bonds. The van der Waals surface area contributed by atoms with E-state index in [4.69, 9.17) is 9.47 Å². The summed E-state index contributed by atoms with van der Waals surface area (Å²) in [6.07, 6.45) is 0.207. The number of benzene rings is 1. The monoisotopic (exact) mass is 238 g/mol. The van der Waals surface area contributed by atoms with Crippen LogP contribution in [-0.2, 0) is 15.2 Å². The first-order valence-corrected chi connectivity index (χ1v) is 5.62. The highest BCUT2D eigenvalue weighted by atomic mass is 19.1. The molecule has 0 saturated heterocycles. The van der Waals surface area contributed by atoms with Gasteiger partial charge in [0.05, 0.1) is 19.6 Å². The normalized spacial score (nSPS) is 26.4. The molecular formula is C13H15FO3. The van der Waals surface area contributed by atoms with Crippen molar-refractivity contribution in [1.82, 2.24) is 0 Å². The summed E-state index contributed by atoms with van der Waals surface area (Å²) >= 11 is 0. The molecule has 0 spiro atoms. The number of alkyl halides is 1. The number of rotatable bonds is 4. The maximum Gasteiger partial charge on any atom is 0.312 e. The Morgan fingerprint density at radius 1 is 1.47 bits per heavy atom. The lowest BCUT2D eigenvalue weighted by atomic mass is 10.1. The summed E-state index contributed by atoms with van der Waals surface area (Å²) in [5.41, 5.74) is -1.05. The van der Waals surface area contributed by atoms with Gasteiger partial charge in [-0.2, -0.15) is 0 Å². The van der Waals surface area contributed by atoms with E-state index in [1.54, 1.807) is 38.3 Å². The Kier molecular flexibility index (Phi) is 3.05. The zero-order valence-electron chi connectivity index (χ0n) is 9.90. The van der Waals surface area contributed by atoms with Gasteiger partial charge in [0.2, 0.25) is 0 Å². The second-order valence-corrected chi connectivity index (χ2v) is 4.10. The van der Waals surface area contributed by atoms with E-state index in [2.05, 4.69) is 0 Å². The van der Waals surface area contributed by atoms with E-state index >= 15 is 0 Å². The van der Waals surface area contributed by atoms with E-state index in [9.17, 15) is 9.18 Å². The van der Waals surface area contributed by atoms with Gasteiger partial charge in [-0.3, -0.25) is 4.79 Å². The van der Waals surface area contributed by atoms with Gasteiger partial charge in [0.15, 0.2) is 0 Å². The van der Waals surface area contributed by atoms with E-state index in [1.807, 2.05) is 0 Å². The van der Waals surface area contributed by atoms with Crippen LogP contribution >= 0.6 is 0 Å². The number of ether oxygens (including phenoxy) is 2. The van der Waals surface area contributed by atoms with Gasteiger partial charge in [-0.1, -0.05) is 12.1 Å². The van der Waals surface area contributed by atoms with Gasteiger partial charge >= 0.3 is 5.97 Å².